The van der Waals surface area contributed by atoms with Gasteiger partial charge in [-0.3, -0.25) is 0 Å². The van der Waals surface area contributed by atoms with E-state index in [-0.39, 0.29) is 5.03 Å². The molecule has 0 saturated carbocycles. The minimum atomic E-state index is -3.79. The maximum absolute atomic E-state index is 11.4. The van der Waals surface area contributed by atoms with Crippen molar-refractivity contribution in [2.24, 2.45) is 5.14 Å². The maximum atomic E-state index is 11.4. The second kappa shape index (κ2) is 4.96. The van der Waals surface area contributed by atoms with E-state index in [0.29, 0.717) is 19.8 Å². The third kappa shape index (κ3) is 2.64. The number of pyridine rings is 1. The molecule has 2 aliphatic heterocycles. The second-order valence-electron chi connectivity index (χ2n) is 5.03. The lowest BCUT2D eigenvalue weighted by Crippen LogP contribution is -2.49. The van der Waals surface area contributed by atoms with E-state index >= 15 is 0 Å². The molecule has 0 atom stereocenters. The molecular formula is C12H17N3O4S. The summed E-state index contributed by atoms with van der Waals surface area (Å²) in [6.45, 7) is 2.61. The van der Waals surface area contributed by atoms with E-state index in [9.17, 15) is 8.42 Å². The fourth-order valence-electron chi connectivity index (χ4n) is 2.69. The minimum Gasteiger partial charge on any atom is -0.366 e. The van der Waals surface area contributed by atoms with Gasteiger partial charge in [-0.25, -0.2) is 18.5 Å². The number of piperidine rings is 1. The van der Waals surface area contributed by atoms with Gasteiger partial charge in [0.05, 0.1) is 19.8 Å². The Balaban J connectivity index is 1.85. The van der Waals surface area contributed by atoms with E-state index in [1.165, 1.54) is 12.3 Å². The van der Waals surface area contributed by atoms with Crippen LogP contribution in [-0.4, -0.2) is 45.5 Å². The molecule has 1 spiro atoms. The average Bonchev–Trinajstić information content (AvgIpc) is 2.86. The van der Waals surface area contributed by atoms with Gasteiger partial charge in [0.15, 0.2) is 10.8 Å². The first kappa shape index (κ1) is 13.7. The Kier molecular flexibility index (Phi) is 3.41. The summed E-state index contributed by atoms with van der Waals surface area (Å²) in [5.74, 6) is -0.552. The topological polar surface area (TPSA) is 94.8 Å². The van der Waals surface area contributed by atoms with Crippen molar-refractivity contribution in [3.63, 3.8) is 0 Å². The second-order valence-corrected chi connectivity index (χ2v) is 6.54. The van der Waals surface area contributed by atoms with Crippen molar-refractivity contribution in [1.29, 1.82) is 0 Å². The van der Waals surface area contributed by atoms with E-state index in [2.05, 4.69) is 4.98 Å². The number of hydrogen-bond acceptors (Lipinski definition) is 6. The number of anilines is 1. The van der Waals surface area contributed by atoms with Crippen molar-refractivity contribution in [1.82, 2.24) is 4.98 Å². The van der Waals surface area contributed by atoms with Crippen LogP contribution in [0, 0.1) is 0 Å². The van der Waals surface area contributed by atoms with Crippen LogP contribution in [0.4, 0.5) is 5.69 Å². The predicted octanol–water partition coefficient (Wildman–Crippen LogP) is 0.0723. The fraction of sp³-hybridized carbons (Fsp3) is 0.583. The third-order valence-corrected chi connectivity index (χ3v) is 4.41. The summed E-state index contributed by atoms with van der Waals surface area (Å²) in [6.07, 6.45) is 3.23. The van der Waals surface area contributed by atoms with Crippen molar-refractivity contribution in [2.45, 2.75) is 23.7 Å². The molecule has 110 valence electrons. The highest BCUT2D eigenvalue weighted by Gasteiger charge is 2.40. The number of primary sulfonamides is 1. The van der Waals surface area contributed by atoms with Crippen molar-refractivity contribution in [3.05, 3.63) is 18.3 Å². The van der Waals surface area contributed by atoms with Gasteiger partial charge in [-0.15, -0.1) is 0 Å². The lowest BCUT2D eigenvalue weighted by molar-refractivity contribution is -0.161. The monoisotopic (exact) mass is 299 g/mol. The highest BCUT2D eigenvalue weighted by molar-refractivity contribution is 7.89. The van der Waals surface area contributed by atoms with Crippen molar-refractivity contribution < 1.29 is 17.9 Å². The Labute approximate surface area is 117 Å². The van der Waals surface area contributed by atoms with Crippen LogP contribution in [0.1, 0.15) is 12.8 Å². The molecular weight excluding hydrogens is 282 g/mol. The number of nitrogens with two attached hydrogens (primary N) is 1. The first-order valence-corrected chi connectivity index (χ1v) is 8.05. The van der Waals surface area contributed by atoms with E-state index in [1.54, 1.807) is 6.07 Å². The van der Waals surface area contributed by atoms with E-state index in [0.717, 1.165) is 25.1 Å². The molecule has 2 N–H and O–H groups in total. The van der Waals surface area contributed by atoms with Gasteiger partial charge in [0.25, 0.3) is 10.0 Å². The van der Waals surface area contributed by atoms with Gasteiger partial charge in [-0.1, -0.05) is 0 Å². The fourth-order valence-corrected chi connectivity index (χ4v) is 3.19. The predicted molar refractivity (Wildman–Crippen MR) is 71.7 cm³/mol. The Bertz CT molecular complexity index is 598. The zero-order valence-corrected chi connectivity index (χ0v) is 11.8. The largest absolute Gasteiger partial charge is 0.366 e. The van der Waals surface area contributed by atoms with E-state index in [1.807, 2.05) is 4.90 Å². The van der Waals surface area contributed by atoms with Crippen LogP contribution in [-0.2, 0) is 19.5 Å². The molecule has 0 amide bonds. The van der Waals surface area contributed by atoms with Gasteiger partial charge in [-0.2, -0.15) is 0 Å². The summed E-state index contributed by atoms with van der Waals surface area (Å²) in [4.78, 5) is 5.84. The smallest absolute Gasteiger partial charge is 0.255 e. The van der Waals surface area contributed by atoms with Gasteiger partial charge in [-0.05, 0) is 12.5 Å². The standard InChI is InChI=1S/C12H17N3O4S/c13-20(16,17)11-8-10(2-4-14-11)15-5-1-3-12(9-15)18-6-7-19-12/h2,4,8H,1,3,5-7,9H2,(H2,13,16,17). The molecule has 8 heteroatoms. The zero-order chi connectivity index (χ0) is 14.2. The molecule has 0 radical (unpaired) electrons. The number of hydrogen-bond donors (Lipinski definition) is 1. The van der Waals surface area contributed by atoms with Crippen LogP contribution in [0.15, 0.2) is 23.4 Å². The molecule has 0 aromatic carbocycles. The van der Waals surface area contributed by atoms with Crippen LogP contribution in [0.2, 0.25) is 0 Å². The van der Waals surface area contributed by atoms with Gasteiger partial charge in [0, 0.05) is 30.9 Å². The summed E-state index contributed by atoms with van der Waals surface area (Å²) in [7, 11) is -3.79. The number of rotatable bonds is 2. The Hall–Kier alpha value is -1.22. The molecule has 20 heavy (non-hydrogen) atoms. The normalized spacial score (nSPS) is 22.4. The number of sulfonamides is 1. The third-order valence-electron chi connectivity index (χ3n) is 3.61. The lowest BCUT2D eigenvalue weighted by atomic mass is 10.0. The number of nitrogens with zero attached hydrogens (tertiary/aromatic N) is 2. The number of aromatic nitrogens is 1. The summed E-state index contributed by atoms with van der Waals surface area (Å²) in [5.41, 5.74) is 0.766. The molecule has 1 aromatic rings. The Morgan fingerprint density at radius 2 is 2.10 bits per heavy atom. The lowest BCUT2D eigenvalue weighted by Gasteiger charge is -2.39. The Morgan fingerprint density at radius 3 is 2.80 bits per heavy atom. The van der Waals surface area contributed by atoms with Gasteiger partial charge in [0.1, 0.15) is 0 Å². The number of ether oxygens (including phenoxy) is 2. The summed E-state index contributed by atoms with van der Waals surface area (Å²) < 4.78 is 34.1. The van der Waals surface area contributed by atoms with Crippen LogP contribution in [0.3, 0.4) is 0 Å². The molecule has 2 aliphatic rings. The molecule has 3 rings (SSSR count). The molecule has 0 aliphatic carbocycles. The molecule has 0 bridgehead atoms. The van der Waals surface area contributed by atoms with Gasteiger partial charge in [0.2, 0.25) is 0 Å². The first-order valence-electron chi connectivity index (χ1n) is 6.50. The zero-order valence-electron chi connectivity index (χ0n) is 11.0. The van der Waals surface area contributed by atoms with Crippen LogP contribution >= 0.6 is 0 Å². The van der Waals surface area contributed by atoms with Crippen molar-refractivity contribution >= 4 is 15.7 Å². The molecule has 0 unspecified atom stereocenters. The highest BCUT2D eigenvalue weighted by atomic mass is 32.2. The SMILES string of the molecule is NS(=O)(=O)c1cc(N2CCCC3(C2)OCCO3)ccn1. The van der Waals surface area contributed by atoms with Crippen molar-refractivity contribution in [2.75, 3.05) is 31.2 Å². The molecule has 3 heterocycles. The highest BCUT2D eigenvalue weighted by Crippen LogP contribution is 2.32. The first-order chi connectivity index (χ1) is 9.49. The molecule has 2 saturated heterocycles. The average molecular weight is 299 g/mol. The van der Waals surface area contributed by atoms with Gasteiger partial charge < -0.3 is 14.4 Å². The molecule has 7 nitrogen and oxygen atoms in total. The quantitative estimate of drug-likeness (QED) is 0.830. The summed E-state index contributed by atoms with van der Waals surface area (Å²) in [6, 6.07) is 3.26. The minimum absolute atomic E-state index is 0.122. The summed E-state index contributed by atoms with van der Waals surface area (Å²) >= 11 is 0. The van der Waals surface area contributed by atoms with E-state index < -0.39 is 15.8 Å². The maximum Gasteiger partial charge on any atom is 0.255 e. The van der Waals surface area contributed by atoms with Crippen LogP contribution < -0.4 is 10.0 Å². The van der Waals surface area contributed by atoms with Crippen LogP contribution in [0.5, 0.6) is 0 Å². The van der Waals surface area contributed by atoms with Gasteiger partial charge >= 0.3 is 0 Å². The van der Waals surface area contributed by atoms with Crippen LogP contribution in [0.25, 0.3) is 0 Å². The van der Waals surface area contributed by atoms with E-state index in [4.69, 9.17) is 14.6 Å². The van der Waals surface area contributed by atoms with Crippen molar-refractivity contribution in [3.8, 4) is 0 Å². The molecule has 2 fully saturated rings. The Morgan fingerprint density at radius 1 is 1.35 bits per heavy atom. The molecule has 1 aromatic heterocycles. The summed E-state index contributed by atoms with van der Waals surface area (Å²) in [5, 5.41) is 4.99.